The Balaban J connectivity index is 1.14. The van der Waals surface area contributed by atoms with Crippen molar-refractivity contribution in [2.45, 2.75) is 72.6 Å². The van der Waals surface area contributed by atoms with Crippen LogP contribution in [0.15, 0.2) is 0 Å². The van der Waals surface area contributed by atoms with Gasteiger partial charge < -0.3 is 25.0 Å². The summed E-state index contributed by atoms with van der Waals surface area (Å²) in [5.41, 5.74) is -0.459. The molecule has 11 unspecified atom stereocenters. The topological polar surface area (TPSA) is 116 Å². The number of carbonyl (C=O) groups excluding carboxylic acids is 2. The fourth-order valence-corrected chi connectivity index (χ4v) is 8.12. The van der Waals surface area contributed by atoms with Crippen molar-refractivity contribution in [1.29, 1.82) is 0 Å². The fourth-order valence-electron chi connectivity index (χ4n) is 6.41. The van der Waals surface area contributed by atoms with Crippen molar-refractivity contribution >= 4 is 35.2 Å². The van der Waals surface area contributed by atoms with Gasteiger partial charge in [0.2, 0.25) is 5.91 Å². The number of nitrogens with one attached hydrogen (secondary N) is 5. The zero-order valence-electron chi connectivity index (χ0n) is 21.3. The van der Waals surface area contributed by atoms with Crippen LogP contribution in [0.2, 0.25) is 0 Å². The molecule has 0 bridgehead atoms. The van der Waals surface area contributed by atoms with E-state index in [2.05, 4.69) is 33.5 Å². The first-order valence-corrected chi connectivity index (χ1v) is 14.5. The maximum absolute atomic E-state index is 13.5. The number of halogens is 4. The Morgan fingerprint density at radius 2 is 1.92 bits per heavy atom. The normalized spacial score (nSPS) is 43.7. The molecule has 15 heteroatoms. The van der Waals surface area contributed by atoms with Crippen molar-refractivity contribution < 1.29 is 32.2 Å². The highest BCUT2D eigenvalue weighted by molar-refractivity contribution is 8.00. The van der Waals surface area contributed by atoms with Crippen LogP contribution in [0, 0.1) is 17.8 Å². The smallest absolute Gasteiger partial charge is 0.380 e. The van der Waals surface area contributed by atoms with Gasteiger partial charge in [-0.3, -0.25) is 25.5 Å². The number of amides is 2. The molecule has 5 N–H and O–H groups in total. The summed E-state index contributed by atoms with van der Waals surface area (Å²) in [6, 6.07) is -1.63. The zero-order chi connectivity index (χ0) is 27.2. The number of nitrogens with zero attached hydrogens (tertiary/aromatic N) is 1. The number of piperidine rings is 2. The molecule has 0 radical (unpaired) electrons. The lowest BCUT2D eigenvalue weighted by atomic mass is 9.70. The van der Waals surface area contributed by atoms with Gasteiger partial charge in [0, 0.05) is 50.6 Å². The van der Waals surface area contributed by atoms with Gasteiger partial charge in [0.15, 0.2) is 6.23 Å². The predicted molar refractivity (Wildman–Crippen MR) is 135 cm³/mol. The molecule has 11 atom stereocenters. The number of methoxy groups -OCH3 is 1. The molecule has 5 rings (SSSR count). The molecule has 0 saturated carbocycles. The van der Waals surface area contributed by atoms with Crippen LogP contribution in [0.1, 0.15) is 19.8 Å². The summed E-state index contributed by atoms with van der Waals surface area (Å²) in [4.78, 5) is 27.8. The lowest BCUT2D eigenvalue weighted by molar-refractivity contribution is -0.152. The molecule has 5 fully saturated rings. The third-order valence-corrected chi connectivity index (χ3v) is 10.1. The highest BCUT2D eigenvalue weighted by Gasteiger charge is 2.50. The molecule has 0 aliphatic carbocycles. The van der Waals surface area contributed by atoms with Gasteiger partial charge in [-0.05, 0) is 31.6 Å². The lowest BCUT2D eigenvalue weighted by Gasteiger charge is -2.45. The Hall–Kier alpha value is -0.870. The third kappa shape index (κ3) is 6.07. The summed E-state index contributed by atoms with van der Waals surface area (Å²) in [6.45, 7) is 3.49. The van der Waals surface area contributed by atoms with E-state index in [9.17, 15) is 22.8 Å². The molecule has 10 nitrogen and oxygen atoms in total. The Morgan fingerprint density at radius 1 is 1.13 bits per heavy atom. The third-order valence-electron chi connectivity index (χ3n) is 8.44. The van der Waals surface area contributed by atoms with E-state index in [-0.39, 0.29) is 58.1 Å². The van der Waals surface area contributed by atoms with Crippen molar-refractivity contribution in [2.24, 2.45) is 17.8 Å². The van der Waals surface area contributed by atoms with Gasteiger partial charge in [-0.1, -0.05) is 0 Å². The standard InChI is InChI=1S/C23H36ClF3N6O4S/c1-10-3-11(12-4-18(24)29-6-15(12)36-2)13(5-28-10)19(34)32-22-30-14-7-33(8-16(14)38-22)21(35)20-31-17(9-37-20)23(25,26)27/h10-18,20,22,28-31H,3-9H2,1-2H3,(H,32,34). The second-order valence-electron chi connectivity index (χ2n) is 10.9. The van der Waals surface area contributed by atoms with Gasteiger partial charge in [-0.2, -0.15) is 13.2 Å². The van der Waals surface area contributed by atoms with Gasteiger partial charge in [0.25, 0.3) is 5.91 Å². The molecule has 5 saturated heterocycles. The van der Waals surface area contributed by atoms with Crippen LogP contribution in [0.5, 0.6) is 0 Å². The molecule has 0 spiro atoms. The zero-order valence-corrected chi connectivity index (χ0v) is 22.9. The highest BCUT2D eigenvalue weighted by Crippen LogP contribution is 2.38. The van der Waals surface area contributed by atoms with Crippen LogP contribution in [0.25, 0.3) is 0 Å². The van der Waals surface area contributed by atoms with Crippen LogP contribution < -0.4 is 26.6 Å². The molecule has 0 aromatic carbocycles. The van der Waals surface area contributed by atoms with E-state index in [1.165, 1.54) is 16.7 Å². The Kier molecular flexibility index (Phi) is 8.71. The van der Waals surface area contributed by atoms with Gasteiger partial charge in [-0.15, -0.1) is 23.4 Å². The minimum atomic E-state index is -4.46. The number of hydrogen-bond acceptors (Lipinski definition) is 9. The Labute approximate surface area is 229 Å². The van der Waals surface area contributed by atoms with Gasteiger partial charge in [-0.25, -0.2) is 0 Å². The summed E-state index contributed by atoms with van der Waals surface area (Å²) < 4.78 is 49.6. The average Bonchev–Trinajstić information content (AvgIpc) is 3.58. The minimum Gasteiger partial charge on any atom is -0.380 e. The Bertz CT molecular complexity index is 879. The number of thioether (sulfide) groups is 1. The molecule has 2 amide bonds. The van der Waals surface area contributed by atoms with Gasteiger partial charge >= 0.3 is 6.18 Å². The second kappa shape index (κ2) is 11.6. The summed E-state index contributed by atoms with van der Waals surface area (Å²) in [6.07, 6.45) is -4.19. The number of alkyl halides is 4. The van der Waals surface area contributed by atoms with Crippen LogP contribution in [-0.2, 0) is 19.1 Å². The molecule has 5 aliphatic heterocycles. The molecule has 216 valence electrons. The molecule has 0 aromatic rings. The predicted octanol–water partition coefficient (Wildman–Crippen LogP) is -0.0176. The minimum absolute atomic E-state index is 0.0118. The van der Waals surface area contributed by atoms with Crippen LogP contribution in [0.3, 0.4) is 0 Å². The van der Waals surface area contributed by atoms with Crippen molar-refractivity contribution in [1.82, 2.24) is 31.5 Å². The van der Waals surface area contributed by atoms with Crippen LogP contribution in [-0.4, -0.2) is 109 Å². The van der Waals surface area contributed by atoms with Crippen molar-refractivity contribution in [3.8, 4) is 0 Å². The molecule has 38 heavy (non-hydrogen) atoms. The van der Waals surface area contributed by atoms with E-state index < -0.39 is 31.0 Å². The first-order valence-electron chi connectivity index (χ1n) is 13.1. The summed E-state index contributed by atoms with van der Waals surface area (Å²) in [5, 5.41) is 15.5. The molecular weight excluding hydrogens is 549 g/mol. The SMILES string of the molecule is COC1CNC(Cl)CC1C1CC(C)NCC1C(=O)NC1NC2CN(C(=O)C3NC(C(F)(F)F)CO3)CC2S1. The average molecular weight is 585 g/mol. The maximum atomic E-state index is 13.5. The second-order valence-corrected chi connectivity index (χ2v) is 12.8. The van der Waals surface area contributed by atoms with E-state index in [0.717, 1.165) is 12.8 Å². The fraction of sp³-hybridized carbons (Fsp3) is 0.913. The first kappa shape index (κ1) is 28.7. The van der Waals surface area contributed by atoms with Gasteiger partial charge in [0.05, 0.1) is 24.1 Å². The van der Waals surface area contributed by atoms with Crippen molar-refractivity contribution in [3.05, 3.63) is 0 Å². The number of likely N-dealkylation sites (tertiary alicyclic amines) is 1. The quantitative estimate of drug-likeness (QED) is 0.225. The first-order chi connectivity index (χ1) is 18.0. The van der Waals surface area contributed by atoms with E-state index in [4.69, 9.17) is 21.1 Å². The highest BCUT2D eigenvalue weighted by atomic mass is 35.5. The molecule has 5 heterocycles. The number of rotatable bonds is 5. The number of hydrogen-bond donors (Lipinski definition) is 5. The van der Waals surface area contributed by atoms with E-state index in [1.807, 2.05) is 0 Å². The van der Waals surface area contributed by atoms with Crippen LogP contribution in [0.4, 0.5) is 13.2 Å². The van der Waals surface area contributed by atoms with Crippen molar-refractivity contribution in [2.75, 3.05) is 39.9 Å². The molecule has 5 aliphatic rings. The molecular formula is C23H36ClF3N6O4S. The Morgan fingerprint density at radius 3 is 2.61 bits per heavy atom. The van der Waals surface area contributed by atoms with Crippen molar-refractivity contribution in [3.63, 3.8) is 0 Å². The van der Waals surface area contributed by atoms with E-state index >= 15 is 0 Å². The monoisotopic (exact) mass is 584 g/mol. The summed E-state index contributed by atoms with van der Waals surface area (Å²) in [7, 11) is 1.70. The lowest BCUT2D eigenvalue weighted by Crippen LogP contribution is -2.57. The maximum Gasteiger partial charge on any atom is 0.406 e. The molecule has 0 aromatic heterocycles. The number of ether oxygens (including phenoxy) is 2. The largest absolute Gasteiger partial charge is 0.406 e. The van der Waals surface area contributed by atoms with Gasteiger partial charge in [0.1, 0.15) is 11.5 Å². The number of carbonyl (C=O) groups is 2. The van der Waals surface area contributed by atoms with Crippen LogP contribution >= 0.6 is 23.4 Å². The number of fused-ring (bicyclic) bond motifs is 1. The summed E-state index contributed by atoms with van der Waals surface area (Å²) >= 11 is 7.96. The van der Waals surface area contributed by atoms with E-state index in [1.54, 1.807) is 7.11 Å². The van der Waals surface area contributed by atoms with E-state index in [0.29, 0.717) is 26.2 Å². The summed E-state index contributed by atoms with van der Waals surface area (Å²) in [5.74, 6) is -0.474.